The number of nitriles is 1. The van der Waals surface area contributed by atoms with Gasteiger partial charge < -0.3 is 10.1 Å². The number of esters is 1. The van der Waals surface area contributed by atoms with E-state index in [-0.39, 0.29) is 5.97 Å². The van der Waals surface area contributed by atoms with Crippen LogP contribution in [0.5, 0.6) is 0 Å². The number of nitrogens with zero attached hydrogens (tertiary/aromatic N) is 5. The number of ether oxygens (including phenoxy) is 1. The van der Waals surface area contributed by atoms with Crippen LogP contribution in [-0.4, -0.2) is 32.3 Å². The standard InChI is InChI=1S/C22H22N6O2/c1-13-17(4-5-18-20(13)12-30-21(18)29)6-7-24-9-16-10-25-28(11-16)22-26-14(2)19(8-23)15(3)27-22/h4-5,10-11,24H,6-7,9,12H2,1-3H3. The maximum absolute atomic E-state index is 11.7. The van der Waals surface area contributed by atoms with Gasteiger partial charge in [-0.3, -0.25) is 0 Å². The molecule has 0 aliphatic carbocycles. The lowest BCUT2D eigenvalue weighted by molar-refractivity contribution is 0.0535. The van der Waals surface area contributed by atoms with Crippen molar-refractivity contribution >= 4 is 5.97 Å². The molecule has 1 N–H and O–H groups in total. The van der Waals surface area contributed by atoms with Crippen LogP contribution in [0.1, 0.15) is 49.6 Å². The third kappa shape index (κ3) is 3.67. The van der Waals surface area contributed by atoms with Gasteiger partial charge in [-0.2, -0.15) is 10.4 Å². The average molecular weight is 402 g/mol. The predicted octanol–water partition coefficient (Wildman–Crippen LogP) is 2.46. The van der Waals surface area contributed by atoms with Gasteiger partial charge in [0.05, 0.1) is 28.7 Å². The fourth-order valence-electron chi connectivity index (χ4n) is 3.65. The van der Waals surface area contributed by atoms with Crippen molar-refractivity contribution in [3.8, 4) is 12.0 Å². The summed E-state index contributed by atoms with van der Waals surface area (Å²) in [4.78, 5) is 20.4. The fourth-order valence-corrected chi connectivity index (χ4v) is 3.65. The first-order chi connectivity index (χ1) is 14.5. The van der Waals surface area contributed by atoms with E-state index >= 15 is 0 Å². The van der Waals surface area contributed by atoms with Crippen LogP contribution in [0.15, 0.2) is 24.5 Å². The molecule has 0 spiro atoms. The van der Waals surface area contributed by atoms with Crippen LogP contribution >= 0.6 is 0 Å². The molecule has 3 heterocycles. The molecular formula is C22H22N6O2. The van der Waals surface area contributed by atoms with E-state index in [0.717, 1.165) is 29.7 Å². The lowest BCUT2D eigenvalue weighted by atomic mass is 9.97. The summed E-state index contributed by atoms with van der Waals surface area (Å²) in [6, 6.07) is 5.99. The van der Waals surface area contributed by atoms with Gasteiger partial charge in [0.25, 0.3) is 5.95 Å². The number of hydrogen-bond acceptors (Lipinski definition) is 7. The molecule has 0 radical (unpaired) electrons. The molecule has 0 unspecified atom stereocenters. The smallest absolute Gasteiger partial charge is 0.338 e. The molecule has 4 rings (SSSR count). The Hall–Kier alpha value is -3.57. The Morgan fingerprint density at radius 3 is 2.73 bits per heavy atom. The topological polar surface area (TPSA) is 106 Å². The maximum Gasteiger partial charge on any atom is 0.338 e. The first-order valence-electron chi connectivity index (χ1n) is 9.76. The van der Waals surface area contributed by atoms with Crippen LogP contribution in [0.2, 0.25) is 0 Å². The Bertz CT molecular complexity index is 1150. The highest BCUT2D eigenvalue weighted by molar-refractivity contribution is 5.93. The molecule has 1 aliphatic rings. The van der Waals surface area contributed by atoms with Crippen LogP contribution in [0.25, 0.3) is 5.95 Å². The number of benzene rings is 1. The van der Waals surface area contributed by atoms with Crippen LogP contribution < -0.4 is 5.32 Å². The lowest BCUT2D eigenvalue weighted by Gasteiger charge is -2.09. The molecule has 3 aromatic rings. The number of carbonyl (C=O) groups excluding carboxylic acids is 1. The molecule has 0 saturated carbocycles. The van der Waals surface area contributed by atoms with Crippen LogP contribution in [0.3, 0.4) is 0 Å². The number of rotatable bonds is 6. The van der Waals surface area contributed by atoms with Gasteiger partial charge in [-0.05, 0) is 50.9 Å². The molecule has 152 valence electrons. The summed E-state index contributed by atoms with van der Waals surface area (Å²) in [6.07, 6.45) is 4.53. The molecular weight excluding hydrogens is 380 g/mol. The average Bonchev–Trinajstić information content (AvgIpc) is 3.34. The van der Waals surface area contributed by atoms with Crippen molar-refractivity contribution in [1.29, 1.82) is 5.26 Å². The number of hydrogen-bond donors (Lipinski definition) is 1. The second-order valence-corrected chi connectivity index (χ2v) is 7.35. The molecule has 0 fully saturated rings. The van der Waals surface area contributed by atoms with Crippen LogP contribution in [-0.2, 0) is 24.3 Å². The zero-order valence-corrected chi connectivity index (χ0v) is 17.2. The number of nitrogens with one attached hydrogen (secondary N) is 1. The minimum atomic E-state index is -0.230. The van der Waals surface area contributed by atoms with Gasteiger partial charge >= 0.3 is 5.97 Å². The minimum Gasteiger partial charge on any atom is -0.457 e. The highest BCUT2D eigenvalue weighted by atomic mass is 16.5. The van der Waals surface area contributed by atoms with Crippen molar-refractivity contribution in [2.24, 2.45) is 0 Å². The van der Waals surface area contributed by atoms with E-state index in [2.05, 4.69) is 26.5 Å². The molecule has 0 bridgehead atoms. The third-order valence-electron chi connectivity index (χ3n) is 5.39. The first kappa shape index (κ1) is 19.7. The molecule has 0 amide bonds. The summed E-state index contributed by atoms with van der Waals surface area (Å²) >= 11 is 0. The Balaban J connectivity index is 1.36. The van der Waals surface area contributed by atoms with E-state index in [4.69, 9.17) is 10.00 Å². The Morgan fingerprint density at radius 1 is 1.23 bits per heavy atom. The number of aryl methyl sites for hydroxylation is 2. The van der Waals surface area contributed by atoms with Crippen molar-refractivity contribution in [1.82, 2.24) is 25.1 Å². The van der Waals surface area contributed by atoms with Gasteiger partial charge in [-0.1, -0.05) is 6.07 Å². The number of aromatic nitrogens is 4. The predicted molar refractivity (Wildman–Crippen MR) is 109 cm³/mol. The van der Waals surface area contributed by atoms with E-state index in [1.54, 1.807) is 24.7 Å². The largest absolute Gasteiger partial charge is 0.457 e. The number of cyclic esters (lactones) is 1. The number of fused-ring (bicyclic) bond motifs is 1. The second kappa shape index (κ2) is 8.05. The zero-order valence-electron chi connectivity index (χ0n) is 17.2. The van der Waals surface area contributed by atoms with Crippen molar-refractivity contribution in [3.05, 3.63) is 69.3 Å². The van der Waals surface area contributed by atoms with Crippen molar-refractivity contribution in [3.63, 3.8) is 0 Å². The van der Waals surface area contributed by atoms with Gasteiger partial charge in [0.15, 0.2) is 0 Å². The quantitative estimate of drug-likeness (QED) is 0.499. The Labute approximate surface area is 174 Å². The molecule has 0 saturated heterocycles. The molecule has 2 aromatic heterocycles. The van der Waals surface area contributed by atoms with Gasteiger partial charge in [0.2, 0.25) is 0 Å². The van der Waals surface area contributed by atoms with Gasteiger partial charge in [-0.15, -0.1) is 0 Å². The first-order valence-corrected chi connectivity index (χ1v) is 9.76. The molecule has 1 aliphatic heterocycles. The van der Waals surface area contributed by atoms with E-state index in [1.165, 1.54) is 5.56 Å². The number of carbonyl (C=O) groups is 1. The monoisotopic (exact) mass is 402 g/mol. The zero-order chi connectivity index (χ0) is 21.3. The maximum atomic E-state index is 11.7. The van der Waals surface area contributed by atoms with Crippen LogP contribution in [0.4, 0.5) is 0 Å². The Morgan fingerprint density at radius 2 is 2.00 bits per heavy atom. The summed E-state index contributed by atoms with van der Waals surface area (Å²) in [7, 11) is 0. The summed E-state index contributed by atoms with van der Waals surface area (Å²) in [5.74, 6) is 0.229. The normalized spacial score (nSPS) is 12.5. The van der Waals surface area contributed by atoms with E-state index in [9.17, 15) is 4.79 Å². The molecule has 30 heavy (non-hydrogen) atoms. The van der Waals surface area contributed by atoms with Crippen molar-refractivity contribution in [2.75, 3.05) is 6.54 Å². The van der Waals surface area contributed by atoms with Crippen molar-refractivity contribution < 1.29 is 9.53 Å². The van der Waals surface area contributed by atoms with Crippen LogP contribution in [0, 0.1) is 32.1 Å². The van der Waals surface area contributed by atoms with E-state index in [1.807, 2.05) is 25.3 Å². The van der Waals surface area contributed by atoms with Gasteiger partial charge in [0, 0.05) is 23.9 Å². The van der Waals surface area contributed by atoms with Crippen molar-refractivity contribution in [2.45, 2.75) is 40.3 Å². The highest BCUT2D eigenvalue weighted by Gasteiger charge is 2.23. The molecule has 8 nitrogen and oxygen atoms in total. The summed E-state index contributed by atoms with van der Waals surface area (Å²) < 4.78 is 6.74. The minimum absolute atomic E-state index is 0.230. The Kier molecular flexibility index (Phi) is 5.29. The van der Waals surface area contributed by atoms with E-state index in [0.29, 0.717) is 41.6 Å². The SMILES string of the molecule is Cc1nc(-n2cc(CNCCc3ccc4c(c3C)COC4=O)cn2)nc(C)c1C#N. The van der Waals surface area contributed by atoms with Gasteiger partial charge in [-0.25, -0.2) is 19.4 Å². The highest BCUT2D eigenvalue weighted by Crippen LogP contribution is 2.26. The fraction of sp³-hybridized carbons (Fsp3) is 0.318. The summed E-state index contributed by atoms with van der Waals surface area (Å²) in [5.41, 5.74) is 6.86. The van der Waals surface area contributed by atoms with Gasteiger partial charge in [0.1, 0.15) is 12.7 Å². The second-order valence-electron chi connectivity index (χ2n) is 7.35. The molecule has 8 heteroatoms. The van der Waals surface area contributed by atoms with E-state index < -0.39 is 0 Å². The molecule has 1 aromatic carbocycles. The summed E-state index contributed by atoms with van der Waals surface area (Å²) in [5, 5.41) is 16.9. The third-order valence-corrected chi connectivity index (χ3v) is 5.39. The lowest BCUT2D eigenvalue weighted by Crippen LogP contribution is -2.17. The molecule has 0 atom stereocenters. The summed E-state index contributed by atoms with van der Waals surface area (Å²) in [6.45, 7) is 7.47.